The van der Waals surface area contributed by atoms with Gasteiger partial charge in [0.15, 0.2) is 0 Å². The van der Waals surface area contributed by atoms with Crippen molar-refractivity contribution < 1.29 is 0 Å². The third kappa shape index (κ3) is 1.66. The highest BCUT2D eigenvalue weighted by atomic mass is 15.3. The molecule has 1 aromatic carbocycles. The molecule has 0 amide bonds. The normalized spacial score (nSPS) is 17.0. The lowest BCUT2D eigenvalue weighted by Gasteiger charge is -2.27. The first-order valence-corrected chi connectivity index (χ1v) is 6.83. The molecule has 0 saturated heterocycles. The van der Waals surface area contributed by atoms with Crippen molar-refractivity contribution in [1.82, 2.24) is 14.5 Å². The molecule has 3 heterocycles. The number of imidazole rings is 1. The number of anilines is 1. The second-order valence-electron chi connectivity index (χ2n) is 5.05. The molecule has 0 fully saturated rings. The Morgan fingerprint density at radius 2 is 2.09 bits per heavy atom. The molecule has 6 heteroatoms. The van der Waals surface area contributed by atoms with Crippen LogP contribution in [0.3, 0.4) is 0 Å². The van der Waals surface area contributed by atoms with Crippen molar-refractivity contribution in [3.8, 4) is 6.07 Å². The Hall–Kier alpha value is -3.33. The second-order valence-corrected chi connectivity index (χ2v) is 5.05. The predicted octanol–water partition coefficient (Wildman–Crippen LogP) is 2.14. The monoisotopic (exact) mass is 288 g/mol. The summed E-state index contributed by atoms with van der Waals surface area (Å²) in [5, 5.41) is 12.6. The summed E-state index contributed by atoms with van der Waals surface area (Å²) < 4.78 is 1.99. The predicted molar refractivity (Wildman–Crippen MR) is 82.6 cm³/mol. The Balaban J connectivity index is 2.05. The quantitative estimate of drug-likeness (QED) is 0.715. The second kappa shape index (κ2) is 4.60. The number of fused-ring (bicyclic) bond motifs is 3. The zero-order valence-corrected chi connectivity index (χ0v) is 11.6. The highest BCUT2D eigenvalue weighted by Crippen LogP contribution is 2.37. The number of rotatable bonds is 1. The fourth-order valence-corrected chi connectivity index (χ4v) is 2.83. The number of nitrogens with two attached hydrogens (primary N) is 1. The fraction of sp³-hybridized carbons (Fsp3) is 0.0625. The molecule has 6 nitrogen and oxygen atoms in total. The largest absolute Gasteiger partial charge is 0.384 e. The molecular weight excluding hydrogens is 276 g/mol. The topological polar surface area (TPSA) is 92.5 Å². The lowest BCUT2D eigenvalue weighted by Crippen LogP contribution is -2.27. The summed E-state index contributed by atoms with van der Waals surface area (Å²) in [5.41, 5.74) is 9.18. The van der Waals surface area contributed by atoms with Gasteiger partial charge >= 0.3 is 0 Å². The average Bonchev–Trinajstić information content (AvgIpc) is 2.92. The molecule has 1 atom stereocenters. The smallest absolute Gasteiger partial charge is 0.210 e. The van der Waals surface area contributed by atoms with E-state index in [9.17, 15) is 5.26 Å². The van der Waals surface area contributed by atoms with Gasteiger partial charge in [-0.1, -0.05) is 18.2 Å². The molecule has 1 aliphatic rings. The lowest BCUT2D eigenvalue weighted by atomic mass is 9.99. The summed E-state index contributed by atoms with van der Waals surface area (Å²) in [6.45, 7) is 0. The third-order valence-corrected chi connectivity index (χ3v) is 3.78. The maximum atomic E-state index is 9.55. The molecule has 0 aliphatic carbocycles. The van der Waals surface area contributed by atoms with Crippen LogP contribution in [0.25, 0.3) is 11.0 Å². The van der Waals surface area contributed by atoms with Gasteiger partial charge in [-0.3, -0.25) is 9.55 Å². The zero-order valence-electron chi connectivity index (χ0n) is 11.6. The molecule has 3 aromatic rings. The molecular formula is C16H12N6. The van der Waals surface area contributed by atoms with E-state index in [1.54, 1.807) is 12.4 Å². The van der Waals surface area contributed by atoms with Crippen molar-refractivity contribution in [1.29, 1.82) is 5.26 Å². The molecule has 106 valence electrons. The van der Waals surface area contributed by atoms with Crippen molar-refractivity contribution >= 4 is 17.0 Å². The van der Waals surface area contributed by atoms with E-state index in [2.05, 4.69) is 21.4 Å². The van der Waals surface area contributed by atoms with E-state index in [4.69, 9.17) is 5.73 Å². The van der Waals surface area contributed by atoms with Crippen molar-refractivity contribution in [3.05, 3.63) is 65.7 Å². The van der Waals surface area contributed by atoms with Gasteiger partial charge in [0.05, 0.1) is 16.6 Å². The number of allylic oxidation sites excluding steroid dienone is 1. The van der Waals surface area contributed by atoms with Gasteiger partial charge in [0.2, 0.25) is 5.95 Å². The molecule has 0 bridgehead atoms. The van der Waals surface area contributed by atoms with Crippen LogP contribution in [0, 0.1) is 11.3 Å². The minimum Gasteiger partial charge on any atom is -0.384 e. The fourth-order valence-electron chi connectivity index (χ4n) is 2.83. The van der Waals surface area contributed by atoms with E-state index < -0.39 is 0 Å². The summed E-state index contributed by atoms with van der Waals surface area (Å²) in [7, 11) is 0. The summed E-state index contributed by atoms with van der Waals surface area (Å²) in [4.78, 5) is 8.72. The molecule has 4 rings (SSSR count). The summed E-state index contributed by atoms with van der Waals surface area (Å²) in [6, 6.07) is 13.5. The van der Waals surface area contributed by atoms with Crippen LogP contribution in [-0.4, -0.2) is 14.5 Å². The van der Waals surface area contributed by atoms with Crippen LogP contribution < -0.4 is 11.1 Å². The molecule has 0 radical (unpaired) electrons. The first-order valence-electron chi connectivity index (χ1n) is 6.83. The average molecular weight is 288 g/mol. The van der Waals surface area contributed by atoms with Crippen molar-refractivity contribution in [2.45, 2.75) is 6.04 Å². The minimum atomic E-state index is -0.331. The molecule has 22 heavy (non-hydrogen) atoms. The van der Waals surface area contributed by atoms with Crippen LogP contribution >= 0.6 is 0 Å². The maximum Gasteiger partial charge on any atom is 0.210 e. The van der Waals surface area contributed by atoms with E-state index in [0.717, 1.165) is 16.6 Å². The number of hydrogen-bond acceptors (Lipinski definition) is 5. The molecule has 0 unspecified atom stereocenters. The van der Waals surface area contributed by atoms with Crippen molar-refractivity contribution in [2.75, 3.05) is 5.32 Å². The van der Waals surface area contributed by atoms with Crippen LogP contribution in [0.1, 0.15) is 11.6 Å². The number of hydrogen-bond donors (Lipinski definition) is 2. The van der Waals surface area contributed by atoms with Gasteiger partial charge in [-0.15, -0.1) is 0 Å². The Labute approximate surface area is 126 Å². The highest BCUT2D eigenvalue weighted by molar-refractivity contribution is 5.80. The number of nitriles is 1. The molecule has 1 aliphatic heterocycles. The van der Waals surface area contributed by atoms with Gasteiger partial charge < -0.3 is 11.1 Å². The number of benzene rings is 1. The third-order valence-electron chi connectivity index (χ3n) is 3.78. The summed E-state index contributed by atoms with van der Waals surface area (Å²) >= 11 is 0. The van der Waals surface area contributed by atoms with Gasteiger partial charge in [0.1, 0.15) is 17.9 Å². The molecule has 0 saturated carbocycles. The summed E-state index contributed by atoms with van der Waals surface area (Å²) in [6.07, 6.45) is 3.45. The standard InChI is InChI=1S/C16H12N6/c17-8-11-14(10-4-3-7-19-9-10)22-13-6-2-1-5-12(13)20-16(22)21-15(11)18/h1-7,9,14H,18H2,(H,20,21)/t14-/m1/s1. The van der Waals surface area contributed by atoms with Gasteiger partial charge in [-0.2, -0.15) is 5.26 Å². The van der Waals surface area contributed by atoms with E-state index in [-0.39, 0.29) is 6.04 Å². The van der Waals surface area contributed by atoms with Crippen LogP contribution in [-0.2, 0) is 0 Å². The Kier molecular flexibility index (Phi) is 2.60. The first-order chi connectivity index (χ1) is 10.8. The molecule has 2 aromatic heterocycles. The van der Waals surface area contributed by atoms with Crippen molar-refractivity contribution in [3.63, 3.8) is 0 Å². The SMILES string of the molecule is N#CC1=C(N)Nc2nc3ccccc3n2[C@@H]1c1cccnc1. The Bertz CT molecular complexity index is 932. The van der Waals surface area contributed by atoms with Crippen molar-refractivity contribution in [2.24, 2.45) is 5.73 Å². The van der Waals surface area contributed by atoms with E-state index >= 15 is 0 Å². The van der Waals surface area contributed by atoms with E-state index in [1.165, 1.54) is 0 Å². The van der Waals surface area contributed by atoms with Crippen LogP contribution in [0.15, 0.2) is 60.2 Å². The Morgan fingerprint density at radius 1 is 1.23 bits per heavy atom. The minimum absolute atomic E-state index is 0.331. The van der Waals surface area contributed by atoms with E-state index in [0.29, 0.717) is 17.3 Å². The highest BCUT2D eigenvalue weighted by Gasteiger charge is 2.30. The van der Waals surface area contributed by atoms with E-state index in [1.807, 2.05) is 41.0 Å². The van der Waals surface area contributed by atoms with Gasteiger partial charge in [-0.05, 0) is 23.8 Å². The van der Waals surface area contributed by atoms with Gasteiger partial charge in [-0.25, -0.2) is 4.98 Å². The maximum absolute atomic E-state index is 9.55. The van der Waals surface area contributed by atoms with Gasteiger partial charge in [0, 0.05) is 12.4 Å². The lowest BCUT2D eigenvalue weighted by molar-refractivity contribution is 0.678. The number of nitrogens with one attached hydrogen (secondary N) is 1. The number of para-hydroxylation sites is 2. The molecule has 3 N–H and O–H groups in total. The number of aromatic nitrogens is 3. The number of pyridine rings is 1. The number of nitrogens with zero attached hydrogens (tertiary/aromatic N) is 4. The summed E-state index contributed by atoms with van der Waals surface area (Å²) in [5.74, 6) is 0.964. The first kappa shape index (κ1) is 12.4. The zero-order chi connectivity index (χ0) is 15.1. The van der Waals surface area contributed by atoms with Gasteiger partial charge in [0.25, 0.3) is 0 Å². The Morgan fingerprint density at radius 3 is 2.86 bits per heavy atom. The van der Waals surface area contributed by atoms with Crippen LogP contribution in [0.2, 0.25) is 0 Å². The molecule has 0 spiro atoms. The van der Waals surface area contributed by atoms with Crippen LogP contribution in [0.4, 0.5) is 5.95 Å². The van der Waals surface area contributed by atoms with Crippen LogP contribution in [0.5, 0.6) is 0 Å².